The average molecular weight is 58.0 g/mol. The Morgan fingerprint density at radius 3 is 1.00 bits per heavy atom. The Labute approximate surface area is 60.0 Å². The standard InChI is InChI=1S/C3H6.2Li.2H/c1-2-3-1;;;;/h1-3H2;;;;/q;2*+1;2*-1. The van der Waals surface area contributed by atoms with Gasteiger partial charge in [-0.15, -0.1) is 0 Å². The van der Waals surface area contributed by atoms with E-state index in [1.165, 1.54) is 19.3 Å². The van der Waals surface area contributed by atoms with E-state index in [-0.39, 0.29) is 40.6 Å². The fourth-order valence-corrected chi connectivity index (χ4v) is 0. The fourth-order valence-electron chi connectivity index (χ4n) is 0. The maximum absolute atomic E-state index is 1.50. The van der Waals surface area contributed by atoms with Crippen LogP contribution in [0.15, 0.2) is 0 Å². The van der Waals surface area contributed by atoms with Gasteiger partial charge >= 0.3 is 37.7 Å². The molecule has 0 aliphatic heterocycles. The quantitative estimate of drug-likeness (QED) is 0.246. The van der Waals surface area contributed by atoms with Gasteiger partial charge in [0, 0.05) is 0 Å². The van der Waals surface area contributed by atoms with Crippen LogP contribution < -0.4 is 37.7 Å². The summed E-state index contributed by atoms with van der Waals surface area (Å²) >= 11 is 0. The Hall–Kier alpha value is 1.19. The van der Waals surface area contributed by atoms with Gasteiger partial charge in [0.05, 0.1) is 0 Å². The molecule has 0 saturated heterocycles. The first-order valence-electron chi connectivity index (χ1n) is 1.50. The molecule has 1 aliphatic rings. The summed E-state index contributed by atoms with van der Waals surface area (Å²) < 4.78 is 0. The average Bonchev–Trinajstić information content (AvgIpc) is 1.46. The molecule has 1 saturated carbocycles. The minimum absolute atomic E-state index is 0. The third kappa shape index (κ3) is 11.0. The Morgan fingerprint density at radius 1 is 0.800 bits per heavy atom. The number of rotatable bonds is 0. The van der Waals surface area contributed by atoms with Crippen molar-refractivity contribution in [2.24, 2.45) is 0 Å². The second-order valence-electron chi connectivity index (χ2n) is 1.06. The smallest absolute Gasteiger partial charge is 1.00 e. The van der Waals surface area contributed by atoms with Gasteiger partial charge in [0.25, 0.3) is 0 Å². The zero-order chi connectivity index (χ0) is 2.12. The zero-order valence-corrected chi connectivity index (χ0v) is 4.12. The van der Waals surface area contributed by atoms with Crippen molar-refractivity contribution in [3.05, 3.63) is 0 Å². The normalized spacial score (nSPS) is 14.4. The van der Waals surface area contributed by atoms with Crippen LogP contribution in [0.3, 0.4) is 0 Å². The van der Waals surface area contributed by atoms with Crippen LogP contribution in [0.2, 0.25) is 0 Å². The monoisotopic (exact) mass is 58.1 g/mol. The van der Waals surface area contributed by atoms with Crippen molar-refractivity contribution >= 4 is 0 Å². The van der Waals surface area contributed by atoms with Gasteiger partial charge in [-0.25, -0.2) is 0 Å². The van der Waals surface area contributed by atoms with E-state index in [9.17, 15) is 0 Å². The van der Waals surface area contributed by atoms with Crippen LogP contribution in [0.4, 0.5) is 0 Å². The first-order chi connectivity index (χ1) is 1.50. The van der Waals surface area contributed by atoms with Crippen molar-refractivity contribution in [2.45, 2.75) is 19.3 Å². The van der Waals surface area contributed by atoms with Crippen LogP contribution in [-0.2, 0) is 0 Å². The van der Waals surface area contributed by atoms with Gasteiger partial charge in [0.1, 0.15) is 0 Å². The Morgan fingerprint density at radius 2 is 1.00 bits per heavy atom. The van der Waals surface area contributed by atoms with E-state index in [2.05, 4.69) is 0 Å². The summed E-state index contributed by atoms with van der Waals surface area (Å²) in [4.78, 5) is 0. The van der Waals surface area contributed by atoms with Gasteiger partial charge in [0.15, 0.2) is 0 Å². The molecule has 22 valence electrons. The van der Waals surface area contributed by atoms with Crippen molar-refractivity contribution in [1.82, 2.24) is 0 Å². The molecule has 0 radical (unpaired) electrons. The Bertz CT molecular complexity index is 15.7. The summed E-state index contributed by atoms with van der Waals surface area (Å²) in [5.74, 6) is 0. The molecule has 0 heterocycles. The molecule has 0 nitrogen and oxygen atoms in total. The van der Waals surface area contributed by atoms with Gasteiger partial charge in [-0.2, -0.15) is 0 Å². The molecule has 2 heteroatoms. The van der Waals surface area contributed by atoms with E-state index in [0.29, 0.717) is 0 Å². The molecule has 0 bridgehead atoms. The van der Waals surface area contributed by atoms with E-state index in [1.54, 1.807) is 0 Å². The SMILES string of the molecule is C1CC1.[H-].[H-].[Li+].[Li+]. The summed E-state index contributed by atoms with van der Waals surface area (Å²) in [5, 5.41) is 0. The molecule has 1 rings (SSSR count). The van der Waals surface area contributed by atoms with E-state index in [4.69, 9.17) is 0 Å². The van der Waals surface area contributed by atoms with Crippen LogP contribution in [0, 0.1) is 0 Å². The van der Waals surface area contributed by atoms with E-state index < -0.39 is 0 Å². The summed E-state index contributed by atoms with van der Waals surface area (Å²) in [5.41, 5.74) is 0. The van der Waals surface area contributed by atoms with Crippen LogP contribution in [0.25, 0.3) is 0 Å². The maximum atomic E-state index is 1.50. The molecule has 0 aromatic rings. The largest absolute Gasteiger partial charge is 1.00 e. The van der Waals surface area contributed by atoms with Crippen molar-refractivity contribution in [3.63, 3.8) is 0 Å². The molecule has 0 amide bonds. The van der Waals surface area contributed by atoms with Crippen molar-refractivity contribution < 1.29 is 40.6 Å². The van der Waals surface area contributed by atoms with Crippen molar-refractivity contribution in [3.8, 4) is 0 Å². The first-order valence-corrected chi connectivity index (χ1v) is 1.50. The minimum Gasteiger partial charge on any atom is -1.00 e. The van der Waals surface area contributed by atoms with Crippen LogP contribution in [0.1, 0.15) is 22.1 Å². The van der Waals surface area contributed by atoms with Gasteiger partial charge in [-0.3, -0.25) is 0 Å². The van der Waals surface area contributed by atoms with Crippen molar-refractivity contribution in [2.75, 3.05) is 0 Å². The number of hydrogen-bond donors (Lipinski definition) is 0. The van der Waals surface area contributed by atoms with Crippen LogP contribution in [-0.4, -0.2) is 0 Å². The van der Waals surface area contributed by atoms with Gasteiger partial charge in [-0.05, 0) is 0 Å². The molecular formula is C3H8Li2. The van der Waals surface area contributed by atoms with Crippen LogP contribution in [0.5, 0.6) is 0 Å². The van der Waals surface area contributed by atoms with Gasteiger partial charge < -0.3 is 2.85 Å². The summed E-state index contributed by atoms with van der Waals surface area (Å²) in [6.45, 7) is 0. The first kappa shape index (κ1) is 9.50. The summed E-state index contributed by atoms with van der Waals surface area (Å²) in [6, 6.07) is 0. The molecule has 0 N–H and O–H groups in total. The zero-order valence-electron chi connectivity index (χ0n) is 6.12. The molecule has 0 aromatic heterocycles. The van der Waals surface area contributed by atoms with E-state index in [0.717, 1.165) is 0 Å². The third-order valence-corrected chi connectivity index (χ3v) is 0.354. The predicted molar refractivity (Wildman–Crippen MR) is 16.1 cm³/mol. The third-order valence-electron chi connectivity index (χ3n) is 0.354. The predicted octanol–water partition coefficient (Wildman–Crippen LogP) is -4.60. The molecule has 0 unspecified atom stereocenters. The maximum Gasteiger partial charge on any atom is 1.00 e. The van der Waals surface area contributed by atoms with E-state index in [1.807, 2.05) is 0 Å². The Kier molecular flexibility index (Phi) is 9.87. The second kappa shape index (κ2) is 5.19. The van der Waals surface area contributed by atoms with Crippen LogP contribution >= 0.6 is 0 Å². The molecular weight excluding hydrogens is 49.9 g/mol. The summed E-state index contributed by atoms with van der Waals surface area (Å²) in [6.07, 6.45) is 4.50. The molecule has 1 aliphatic carbocycles. The number of hydrogen-bond acceptors (Lipinski definition) is 0. The second-order valence-corrected chi connectivity index (χ2v) is 1.06. The molecule has 1 fully saturated rings. The Balaban J connectivity index is -0.0000000112. The molecule has 5 heavy (non-hydrogen) atoms. The topological polar surface area (TPSA) is 0 Å². The molecule has 0 spiro atoms. The van der Waals surface area contributed by atoms with Gasteiger partial charge in [0.2, 0.25) is 0 Å². The molecule has 0 atom stereocenters. The fraction of sp³-hybridized carbons (Fsp3) is 1.00. The van der Waals surface area contributed by atoms with E-state index >= 15 is 0 Å². The minimum atomic E-state index is 0. The summed E-state index contributed by atoms with van der Waals surface area (Å²) in [7, 11) is 0. The van der Waals surface area contributed by atoms with Gasteiger partial charge in [-0.1, -0.05) is 19.3 Å². The molecule has 0 aromatic carbocycles. The van der Waals surface area contributed by atoms with Crippen molar-refractivity contribution in [1.29, 1.82) is 0 Å².